The van der Waals surface area contributed by atoms with E-state index in [9.17, 15) is 9.90 Å². The highest BCUT2D eigenvalue weighted by Gasteiger charge is 2.24. The van der Waals surface area contributed by atoms with Gasteiger partial charge in [0.15, 0.2) is 0 Å². The zero-order chi connectivity index (χ0) is 26.3. The van der Waals surface area contributed by atoms with Crippen molar-refractivity contribution in [3.63, 3.8) is 0 Å². The number of benzene rings is 2. The van der Waals surface area contributed by atoms with E-state index in [0.717, 1.165) is 53.5 Å². The number of nitrogens with two attached hydrogens (primary N) is 1. The number of ether oxygens (including phenoxy) is 1. The van der Waals surface area contributed by atoms with Crippen molar-refractivity contribution < 1.29 is 14.6 Å². The Balaban J connectivity index is 1.04. The van der Waals surface area contributed by atoms with Crippen molar-refractivity contribution in [1.82, 2.24) is 15.3 Å². The van der Waals surface area contributed by atoms with E-state index in [1.165, 1.54) is 24.0 Å². The van der Waals surface area contributed by atoms with Crippen LogP contribution in [0.25, 0.3) is 21.7 Å². The fourth-order valence-corrected chi connectivity index (χ4v) is 4.80. The first kappa shape index (κ1) is 26.0. The first-order valence-corrected chi connectivity index (χ1v) is 13.4. The third-order valence-electron chi connectivity index (χ3n) is 6.95. The van der Waals surface area contributed by atoms with Gasteiger partial charge in [0.25, 0.3) is 0 Å². The van der Waals surface area contributed by atoms with Crippen molar-refractivity contribution >= 4 is 33.4 Å². The summed E-state index contributed by atoms with van der Waals surface area (Å²) in [6.07, 6.45) is 8.11. The van der Waals surface area contributed by atoms with Crippen LogP contribution in [-0.4, -0.2) is 47.3 Å². The standard InChI is InChI=1S/C30H35N5O3/c31-29(37)23-5-6-25-27-18-33-9-7-26(27)30(35-28(25)16-23)34-10-12-38-11-2-1-8-32-17-20-13-21(19-36)15-24(14-20)22-3-4-22/h5-7,9,13-16,18,22,32,36H,1-4,8,10-12,17,19H2,(H2,31,37)(H,34,35). The molecule has 1 aliphatic carbocycles. The second-order valence-corrected chi connectivity index (χ2v) is 9.92. The third kappa shape index (κ3) is 6.45. The molecular weight excluding hydrogens is 478 g/mol. The van der Waals surface area contributed by atoms with Crippen molar-refractivity contribution in [3.8, 4) is 0 Å². The van der Waals surface area contributed by atoms with Gasteiger partial charge in [-0.05, 0) is 73.0 Å². The summed E-state index contributed by atoms with van der Waals surface area (Å²) in [5.74, 6) is 0.950. The number of anilines is 1. The lowest BCUT2D eigenvalue weighted by Gasteiger charge is -2.12. The van der Waals surface area contributed by atoms with Crippen LogP contribution in [0.5, 0.6) is 0 Å². The number of aromatic nitrogens is 2. The van der Waals surface area contributed by atoms with Crippen LogP contribution in [0.4, 0.5) is 5.82 Å². The zero-order valence-electron chi connectivity index (χ0n) is 21.6. The van der Waals surface area contributed by atoms with E-state index < -0.39 is 5.91 Å². The molecule has 2 heterocycles. The van der Waals surface area contributed by atoms with Gasteiger partial charge in [0.1, 0.15) is 5.82 Å². The van der Waals surface area contributed by atoms with Gasteiger partial charge in [-0.2, -0.15) is 0 Å². The summed E-state index contributed by atoms with van der Waals surface area (Å²) in [7, 11) is 0. The lowest BCUT2D eigenvalue weighted by atomic mass is 10.0. The normalized spacial score (nSPS) is 13.3. The Kier molecular flexibility index (Phi) is 8.43. The van der Waals surface area contributed by atoms with E-state index >= 15 is 0 Å². The van der Waals surface area contributed by atoms with Crippen LogP contribution in [0.15, 0.2) is 54.9 Å². The Morgan fingerprint density at radius 1 is 1.00 bits per heavy atom. The largest absolute Gasteiger partial charge is 0.392 e. The molecule has 1 amide bonds. The highest BCUT2D eigenvalue weighted by Crippen LogP contribution is 2.40. The van der Waals surface area contributed by atoms with Crippen LogP contribution in [0.1, 0.15) is 58.6 Å². The van der Waals surface area contributed by atoms with E-state index in [4.69, 9.17) is 15.5 Å². The van der Waals surface area contributed by atoms with Gasteiger partial charge in [-0.1, -0.05) is 24.3 Å². The average Bonchev–Trinajstić information content (AvgIpc) is 3.79. The molecule has 1 aliphatic rings. The number of rotatable bonds is 14. The molecule has 2 aromatic carbocycles. The van der Waals surface area contributed by atoms with Crippen LogP contribution in [-0.2, 0) is 17.9 Å². The summed E-state index contributed by atoms with van der Waals surface area (Å²) in [6.45, 7) is 3.74. The Morgan fingerprint density at radius 3 is 2.68 bits per heavy atom. The van der Waals surface area contributed by atoms with Gasteiger partial charge in [0.05, 0.1) is 18.7 Å². The van der Waals surface area contributed by atoms with Crippen molar-refractivity contribution in [1.29, 1.82) is 0 Å². The molecule has 0 radical (unpaired) electrons. The van der Waals surface area contributed by atoms with Gasteiger partial charge in [-0.15, -0.1) is 0 Å². The van der Waals surface area contributed by atoms with Crippen molar-refractivity contribution in [2.45, 2.75) is 44.8 Å². The number of nitrogens with zero attached hydrogens (tertiary/aromatic N) is 2. The highest BCUT2D eigenvalue weighted by molar-refractivity contribution is 6.11. The number of carbonyl (C=O) groups is 1. The summed E-state index contributed by atoms with van der Waals surface area (Å²) >= 11 is 0. The molecule has 0 unspecified atom stereocenters. The molecule has 8 heteroatoms. The van der Waals surface area contributed by atoms with E-state index in [1.807, 2.05) is 18.3 Å². The van der Waals surface area contributed by atoms with E-state index in [2.05, 4.69) is 33.8 Å². The fraction of sp³-hybridized carbons (Fsp3) is 0.367. The van der Waals surface area contributed by atoms with E-state index in [0.29, 0.717) is 36.8 Å². The lowest BCUT2D eigenvalue weighted by molar-refractivity contribution is 0.100. The van der Waals surface area contributed by atoms with Crippen LogP contribution in [0.2, 0.25) is 0 Å². The smallest absolute Gasteiger partial charge is 0.248 e. The number of aliphatic hydroxyl groups is 1. The van der Waals surface area contributed by atoms with Crippen LogP contribution in [0.3, 0.4) is 0 Å². The third-order valence-corrected chi connectivity index (χ3v) is 6.95. The second kappa shape index (κ2) is 12.3. The summed E-state index contributed by atoms with van der Waals surface area (Å²) in [4.78, 5) is 20.6. The fourth-order valence-electron chi connectivity index (χ4n) is 4.80. The maximum absolute atomic E-state index is 11.6. The Morgan fingerprint density at radius 2 is 1.87 bits per heavy atom. The SMILES string of the molecule is NC(=O)c1ccc2c(c1)nc(NCCOCCCCNCc1cc(CO)cc(C3CC3)c1)c1ccncc12. The topological polar surface area (TPSA) is 122 Å². The van der Waals surface area contributed by atoms with Crippen molar-refractivity contribution in [2.75, 3.05) is 31.6 Å². The summed E-state index contributed by atoms with van der Waals surface area (Å²) in [5, 5.41) is 19.3. The molecule has 1 fully saturated rings. The summed E-state index contributed by atoms with van der Waals surface area (Å²) in [5.41, 5.74) is 10.2. The molecule has 0 spiro atoms. The number of hydrogen-bond acceptors (Lipinski definition) is 7. The van der Waals surface area contributed by atoms with Crippen molar-refractivity contribution in [2.24, 2.45) is 5.73 Å². The number of hydrogen-bond donors (Lipinski definition) is 4. The number of amides is 1. The molecule has 0 bridgehead atoms. The lowest BCUT2D eigenvalue weighted by Crippen LogP contribution is -2.16. The molecule has 38 heavy (non-hydrogen) atoms. The quantitative estimate of drug-likeness (QED) is 0.147. The predicted octanol–water partition coefficient (Wildman–Crippen LogP) is 4.25. The minimum absolute atomic E-state index is 0.0976. The Labute approximate surface area is 222 Å². The van der Waals surface area contributed by atoms with E-state index in [-0.39, 0.29) is 6.61 Å². The average molecular weight is 514 g/mol. The van der Waals surface area contributed by atoms with Gasteiger partial charge in [0, 0.05) is 53.8 Å². The molecule has 5 N–H and O–H groups in total. The minimum Gasteiger partial charge on any atom is -0.392 e. The number of unbranched alkanes of at least 4 members (excludes halogenated alkanes) is 1. The van der Waals surface area contributed by atoms with Gasteiger partial charge >= 0.3 is 0 Å². The van der Waals surface area contributed by atoms with E-state index in [1.54, 1.807) is 18.3 Å². The van der Waals surface area contributed by atoms with Crippen molar-refractivity contribution in [3.05, 3.63) is 77.1 Å². The molecular formula is C30H35N5O3. The number of aliphatic hydroxyl groups excluding tert-OH is 1. The van der Waals surface area contributed by atoms with Gasteiger partial charge in [-0.3, -0.25) is 9.78 Å². The molecule has 8 nitrogen and oxygen atoms in total. The molecule has 198 valence electrons. The maximum Gasteiger partial charge on any atom is 0.248 e. The molecule has 1 saturated carbocycles. The second-order valence-electron chi connectivity index (χ2n) is 9.92. The predicted molar refractivity (Wildman–Crippen MR) is 150 cm³/mol. The maximum atomic E-state index is 11.6. The number of fused-ring (bicyclic) bond motifs is 3. The van der Waals surface area contributed by atoms with Crippen LogP contribution >= 0.6 is 0 Å². The van der Waals surface area contributed by atoms with Gasteiger partial charge < -0.3 is 26.2 Å². The summed E-state index contributed by atoms with van der Waals surface area (Å²) < 4.78 is 5.83. The van der Waals surface area contributed by atoms with Crippen LogP contribution < -0.4 is 16.4 Å². The van der Waals surface area contributed by atoms with Gasteiger partial charge in [-0.25, -0.2) is 4.98 Å². The van der Waals surface area contributed by atoms with Gasteiger partial charge in [0.2, 0.25) is 5.91 Å². The highest BCUT2D eigenvalue weighted by atomic mass is 16.5. The number of pyridine rings is 2. The Bertz CT molecular complexity index is 1420. The molecule has 0 saturated heterocycles. The first-order valence-electron chi connectivity index (χ1n) is 13.4. The monoisotopic (exact) mass is 513 g/mol. The molecule has 4 aromatic rings. The molecule has 2 aromatic heterocycles. The number of primary amides is 1. The number of nitrogens with one attached hydrogen (secondary N) is 2. The molecule has 5 rings (SSSR count). The first-order chi connectivity index (χ1) is 18.6. The Hall–Kier alpha value is -3.59. The number of carbonyl (C=O) groups excluding carboxylic acids is 1. The molecule has 0 atom stereocenters. The van der Waals surface area contributed by atoms with Crippen LogP contribution in [0, 0.1) is 0 Å². The summed E-state index contributed by atoms with van der Waals surface area (Å²) in [6, 6.07) is 13.8. The minimum atomic E-state index is -0.475. The molecule has 0 aliphatic heterocycles. The zero-order valence-corrected chi connectivity index (χ0v) is 21.6.